The van der Waals surface area contributed by atoms with Crippen molar-refractivity contribution in [2.75, 3.05) is 43.8 Å². The second-order valence-corrected chi connectivity index (χ2v) is 6.65. The Balaban J connectivity index is 1.99. The number of carbonyl (C=O) groups is 1. The summed E-state index contributed by atoms with van der Waals surface area (Å²) in [6.07, 6.45) is 1.14. The van der Waals surface area contributed by atoms with Gasteiger partial charge < -0.3 is 14.6 Å². The summed E-state index contributed by atoms with van der Waals surface area (Å²) in [4.78, 5) is 15.0. The van der Waals surface area contributed by atoms with Gasteiger partial charge >= 0.3 is 16.2 Å². The normalized spacial score (nSPS) is 19.4. The highest BCUT2D eigenvalue weighted by molar-refractivity contribution is 7.90. The molecule has 3 heterocycles. The summed E-state index contributed by atoms with van der Waals surface area (Å²) in [5, 5.41) is 9.05. The van der Waals surface area contributed by atoms with E-state index in [2.05, 4.69) is 4.98 Å². The molecule has 0 aliphatic carbocycles. The second kappa shape index (κ2) is 5.71. The van der Waals surface area contributed by atoms with Crippen molar-refractivity contribution < 1.29 is 27.8 Å². The number of aromatic nitrogens is 1. The van der Waals surface area contributed by atoms with Crippen LogP contribution in [0.15, 0.2) is 12.3 Å². The first-order chi connectivity index (χ1) is 10.5. The van der Waals surface area contributed by atoms with E-state index >= 15 is 0 Å². The molecule has 3 rings (SSSR count). The summed E-state index contributed by atoms with van der Waals surface area (Å²) in [6.45, 7) is 1.48. The Hall–Kier alpha value is -1.91. The largest absolute Gasteiger partial charge is 0.478 e. The topological polar surface area (TPSA) is 109 Å². The van der Waals surface area contributed by atoms with Gasteiger partial charge in [0.15, 0.2) is 0 Å². The van der Waals surface area contributed by atoms with E-state index in [9.17, 15) is 13.2 Å². The summed E-state index contributed by atoms with van der Waals surface area (Å²) < 4.78 is 38.4. The smallest absolute Gasteiger partial charge is 0.337 e. The predicted molar refractivity (Wildman–Crippen MR) is 75.3 cm³/mol. The number of aromatic carboxylic acids is 1. The lowest BCUT2D eigenvalue weighted by Crippen LogP contribution is -2.51. The number of morpholine rings is 1. The van der Waals surface area contributed by atoms with Gasteiger partial charge in [-0.15, -0.1) is 0 Å². The van der Waals surface area contributed by atoms with Gasteiger partial charge in [-0.2, -0.15) is 12.7 Å². The van der Waals surface area contributed by atoms with E-state index in [1.165, 1.54) is 10.4 Å². The van der Waals surface area contributed by atoms with Crippen LogP contribution < -0.4 is 9.04 Å². The summed E-state index contributed by atoms with van der Waals surface area (Å²) in [6, 6.07) is 1.27. The van der Waals surface area contributed by atoms with Crippen LogP contribution in [-0.4, -0.2) is 68.2 Å². The van der Waals surface area contributed by atoms with Gasteiger partial charge in [-0.05, 0) is 6.07 Å². The molecule has 0 amide bonds. The van der Waals surface area contributed by atoms with E-state index in [1.54, 1.807) is 0 Å². The summed E-state index contributed by atoms with van der Waals surface area (Å²) in [5.41, 5.74) is 0.0593. The number of rotatable bonds is 3. The van der Waals surface area contributed by atoms with Crippen LogP contribution in [0.2, 0.25) is 0 Å². The van der Waals surface area contributed by atoms with Gasteiger partial charge in [-0.25, -0.2) is 14.1 Å². The van der Waals surface area contributed by atoms with Crippen molar-refractivity contribution in [1.82, 2.24) is 9.29 Å². The minimum Gasteiger partial charge on any atom is -0.478 e. The third kappa shape index (κ3) is 2.60. The van der Waals surface area contributed by atoms with Crippen LogP contribution in [0, 0.1) is 0 Å². The fourth-order valence-corrected chi connectivity index (χ4v) is 3.92. The first-order valence-corrected chi connectivity index (χ1v) is 8.11. The quantitative estimate of drug-likeness (QED) is 0.800. The number of carboxylic acid groups (broad SMARTS) is 1. The van der Waals surface area contributed by atoms with Gasteiger partial charge in [0.05, 0.1) is 25.3 Å². The van der Waals surface area contributed by atoms with Crippen LogP contribution in [0.3, 0.4) is 0 Å². The number of nitrogens with zero attached hydrogens (tertiary/aromatic N) is 3. The molecule has 0 aromatic carbocycles. The van der Waals surface area contributed by atoms with Gasteiger partial charge in [0.1, 0.15) is 12.3 Å². The van der Waals surface area contributed by atoms with Gasteiger partial charge in [0.25, 0.3) is 0 Å². The zero-order valence-electron chi connectivity index (χ0n) is 11.6. The molecule has 22 heavy (non-hydrogen) atoms. The number of carboxylic acids is 1. The molecule has 1 N–H and O–H groups in total. The molecule has 1 aromatic heterocycles. The lowest BCUT2D eigenvalue weighted by Gasteiger charge is -2.35. The fraction of sp³-hybridized carbons (Fsp3) is 0.500. The molecule has 0 spiro atoms. The third-order valence-corrected chi connectivity index (χ3v) is 5.41. The molecule has 2 aliphatic rings. The Bertz CT molecular complexity index is 686. The Morgan fingerprint density at radius 1 is 1.23 bits per heavy atom. The van der Waals surface area contributed by atoms with Gasteiger partial charge in [0, 0.05) is 19.3 Å². The maximum absolute atomic E-state index is 12.8. The molecule has 1 fully saturated rings. The predicted octanol–water partition coefficient (Wildman–Crippen LogP) is -0.444. The Morgan fingerprint density at radius 2 is 1.95 bits per heavy atom. The van der Waals surface area contributed by atoms with E-state index in [1.807, 2.05) is 0 Å². The van der Waals surface area contributed by atoms with E-state index in [-0.39, 0.29) is 43.4 Å². The summed E-state index contributed by atoms with van der Waals surface area (Å²) in [5.74, 6) is -1.06. The van der Waals surface area contributed by atoms with Crippen LogP contribution in [-0.2, 0) is 14.9 Å². The van der Waals surface area contributed by atoms with Crippen molar-refractivity contribution in [3.63, 3.8) is 0 Å². The lowest BCUT2D eigenvalue weighted by molar-refractivity contribution is 0.0696. The van der Waals surface area contributed by atoms with Crippen LogP contribution in [0.1, 0.15) is 10.4 Å². The van der Waals surface area contributed by atoms with Crippen molar-refractivity contribution in [2.24, 2.45) is 0 Å². The zero-order valence-corrected chi connectivity index (χ0v) is 12.5. The van der Waals surface area contributed by atoms with E-state index in [0.29, 0.717) is 13.2 Å². The molecule has 0 saturated carbocycles. The minimum absolute atomic E-state index is 0.0913. The van der Waals surface area contributed by atoms with Crippen molar-refractivity contribution in [2.45, 2.75) is 0 Å². The first kappa shape index (κ1) is 15.0. The third-order valence-electron chi connectivity index (χ3n) is 3.46. The van der Waals surface area contributed by atoms with Crippen LogP contribution >= 0.6 is 0 Å². The monoisotopic (exact) mass is 329 g/mol. The number of anilines is 1. The molecule has 1 saturated heterocycles. The van der Waals surface area contributed by atoms with E-state index in [4.69, 9.17) is 14.6 Å². The zero-order chi connectivity index (χ0) is 15.7. The molecule has 2 aliphatic heterocycles. The number of ether oxygens (including phenoxy) is 2. The number of pyridine rings is 1. The highest BCUT2D eigenvalue weighted by Crippen LogP contribution is 2.33. The summed E-state index contributed by atoms with van der Waals surface area (Å²) in [7, 11) is -3.77. The molecular formula is C12H15N3O6S. The van der Waals surface area contributed by atoms with Gasteiger partial charge in [0.2, 0.25) is 5.88 Å². The van der Waals surface area contributed by atoms with Crippen LogP contribution in [0.4, 0.5) is 5.69 Å². The molecular weight excluding hydrogens is 314 g/mol. The maximum atomic E-state index is 12.8. The molecule has 1 aromatic rings. The number of hydrogen-bond donors (Lipinski definition) is 1. The van der Waals surface area contributed by atoms with Gasteiger partial charge in [-0.1, -0.05) is 0 Å². The van der Waals surface area contributed by atoms with Crippen molar-refractivity contribution in [1.29, 1.82) is 0 Å². The first-order valence-electron chi connectivity index (χ1n) is 6.72. The molecule has 0 atom stereocenters. The van der Waals surface area contributed by atoms with Crippen molar-refractivity contribution in [3.05, 3.63) is 17.8 Å². The second-order valence-electron chi connectivity index (χ2n) is 4.79. The fourth-order valence-electron chi connectivity index (χ4n) is 2.35. The van der Waals surface area contributed by atoms with Crippen LogP contribution in [0.5, 0.6) is 5.88 Å². The highest BCUT2D eigenvalue weighted by Gasteiger charge is 2.35. The molecule has 0 unspecified atom stereocenters. The molecule has 10 heteroatoms. The lowest BCUT2D eigenvalue weighted by atomic mass is 10.2. The molecule has 0 bridgehead atoms. The summed E-state index contributed by atoms with van der Waals surface area (Å²) >= 11 is 0. The minimum atomic E-state index is -3.77. The van der Waals surface area contributed by atoms with Crippen molar-refractivity contribution >= 4 is 21.9 Å². The van der Waals surface area contributed by atoms with Gasteiger partial charge in [-0.3, -0.25) is 0 Å². The Morgan fingerprint density at radius 3 is 2.64 bits per heavy atom. The molecule has 9 nitrogen and oxygen atoms in total. The highest BCUT2D eigenvalue weighted by atomic mass is 32.2. The standard InChI is InChI=1S/C12H15N3O6S/c16-12(17)9-7-10-11(13-8-9)21-6-3-15(10)22(18,19)14-1-4-20-5-2-14/h7-8H,1-6H2,(H,16,17). The average molecular weight is 329 g/mol. The SMILES string of the molecule is O=C(O)c1cnc2c(c1)N(S(=O)(=O)N1CCOCC1)CCO2. The van der Waals surface area contributed by atoms with Crippen molar-refractivity contribution in [3.8, 4) is 5.88 Å². The van der Waals surface area contributed by atoms with E-state index < -0.39 is 16.2 Å². The molecule has 0 radical (unpaired) electrons. The Labute approximate surface area is 127 Å². The van der Waals surface area contributed by atoms with Crippen LogP contribution in [0.25, 0.3) is 0 Å². The van der Waals surface area contributed by atoms with E-state index in [0.717, 1.165) is 10.5 Å². The average Bonchev–Trinajstić information content (AvgIpc) is 2.54. The Kier molecular flexibility index (Phi) is 3.89. The molecule has 120 valence electrons. The number of hydrogen-bond acceptors (Lipinski definition) is 6. The maximum Gasteiger partial charge on any atom is 0.337 e. The number of fused-ring (bicyclic) bond motifs is 1.